The van der Waals surface area contributed by atoms with E-state index in [2.05, 4.69) is 6.58 Å². The number of aromatic nitrogens is 2. The highest BCUT2D eigenvalue weighted by Gasteiger charge is 2.14. The predicted octanol–water partition coefficient (Wildman–Crippen LogP) is 3.41. The summed E-state index contributed by atoms with van der Waals surface area (Å²) in [5, 5.41) is 9.41. The summed E-state index contributed by atoms with van der Waals surface area (Å²) in [6.45, 7) is 4.98. The van der Waals surface area contributed by atoms with Crippen molar-refractivity contribution in [3.63, 3.8) is 0 Å². The third-order valence-electron chi connectivity index (χ3n) is 3.66. The van der Waals surface area contributed by atoms with Crippen molar-refractivity contribution < 1.29 is 9.84 Å². The minimum Gasteiger partial charge on any atom is -0.394 e. The third kappa shape index (κ3) is 4.24. The predicted molar refractivity (Wildman–Crippen MR) is 108 cm³/mol. The molecule has 0 aliphatic heterocycles. The van der Waals surface area contributed by atoms with Gasteiger partial charge in [0.2, 0.25) is 0 Å². The molecule has 3 rings (SSSR count). The third-order valence-corrected chi connectivity index (χ3v) is 5.77. The fourth-order valence-electron chi connectivity index (χ4n) is 2.49. The molecule has 1 N–H and O–H groups in total. The first-order chi connectivity index (χ1) is 12.7. The Morgan fingerprint density at radius 3 is 2.85 bits per heavy atom. The summed E-state index contributed by atoms with van der Waals surface area (Å²) >= 11 is 2.94. The molecule has 0 unspecified atom stereocenters. The molecule has 0 aliphatic carbocycles. The minimum absolute atomic E-state index is 0.00716. The second-order valence-corrected chi connectivity index (χ2v) is 7.59. The summed E-state index contributed by atoms with van der Waals surface area (Å²) in [6.07, 6.45) is 1.70. The summed E-state index contributed by atoms with van der Waals surface area (Å²) in [5.41, 5.74) is 1.76. The molecule has 2 aromatic heterocycles. The van der Waals surface area contributed by atoms with Crippen LogP contribution in [0.25, 0.3) is 20.7 Å². The number of thiophene rings is 1. The van der Waals surface area contributed by atoms with E-state index in [1.165, 1.54) is 23.1 Å². The first-order valence-corrected chi connectivity index (χ1v) is 10.1. The molecule has 0 spiro atoms. The van der Waals surface area contributed by atoms with E-state index < -0.39 is 0 Å². The highest BCUT2D eigenvalue weighted by Crippen LogP contribution is 2.31. The average Bonchev–Trinajstić information content (AvgIpc) is 3.09. The molecule has 2 heterocycles. The fourth-order valence-corrected chi connectivity index (χ4v) is 4.40. The molecule has 0 amide bonds. The number of allylic oxidation sites excluding steroid dienone is 1. The van der Waals surface area contributed by atoms with Crippen LogP contribution in [0.3, 0.4) is 0 Å². The molecule has 0 saturated carbocycles. The Hall–Kier alpha value is -1.93. The van der Waals surface area contributed by atoms with Crippen molar-refractivity contribution in [3.05, 3.63) is 59.4 Å². The Morgan fingerprint density at radius 2 is 2.12 bits per heavy atom. The zero-order valence-corrected chi connectivity index (χ0v) is 15.9. The molecule has 0 bridgehead atoms. The quantitative estimate of drug-likeness (QED) is 0.263. The van der Waals surface area contributed by atoms with Gasteiger partial charge in [-0.05, 0) is 11.6 Å². The number of ether oxygens (including phenoxy) is 1. The number of aliphatic hydroxyl groups is 1. The minimum atomic E-state index is -0.0409. The van der Waals surface area contributed by atoms with E-state index in [0.717, 1.165) is 16.0 Å². The lowest BCUT2D eigenvalue weighted by Crippen LogP contribution is -2.22. The summed E-state index contributed by atoms with van der Waals surface area (Å²) in [7, 11) is 0. The van der Waals surface area contributed by atoms with Gasteiger partial charge in [0.1, 0.15) is 4.70 Å². The SMILES string of the molecule is C=CCn1c(SCCOCCO)nc2cc(-c3ccccc3)sc2c1=O. The van der Waals surface area contributed by atoms with Gasteiger partial charge >= 0.3 is 0 Å². The standard InChI is InChI=1S/C19H20N2O3S2/c1-2-8-21-18(23)17-15(20-19(21)25-12-11-24-10-9-22)13-16(26-17)14-6-4-3-5-7-14/h2-7,13,22H,1,8-12H2. The Balaban J connectivity index is 1.94. The molecule has 26 heavy (non-hydrogen) atoms. The molecule has 7 heteroatoms. The maximum absolute atomic E-state index is 12.9. The van der Waals surface area contributed by atoms with Crippen molar-refractivity contribution in [3.8, 4) is 10.4 Å². The van der Waals surface area contributed by atoms with Crippen LogP contribution in [0.1, 0.15) is 0 Å². The van der Waals surface area contributed by atoms with Crippen molar-refractivity contribution in [1.82, 2.24) is 9.55 Å². The van der Waals surface area contributed by atoms with Crippen LogP contribution in [0.5, 0.6) is 0 Å². The Labute approximate surface area is 160 Å². The molecule has 0 radical (unpaired) electrons. The van der Waals surface area contributed by atoms with Crippen LogP contribution >= 0.6 is 23.1 Å². The van der Waals surface area contributed by atoms with Gasteiger partial charge in [0.25, 0.3) is 5.56 Å². The van der Waals surface area contributed by atoms with Crippen molar-refractivity contribution in [2.24, 2.45) is 0 Å². The van der Waals surface area contributed by atoms with E-state index in [9.17, 15) is 4.79 Å². The lowest BCUT2D eigenvalue weighted by Gasteiger charge is -2.09. The van der Waals surface area contributed by atoms with Crippen LogP contribution in [-0.2, 0) is 11.3 Å². The van der Waals surface area contributed by atoms with Crippen LogP contribution in [-0.4, -0.2) is 40.2 Å². The molecule has 0 atom stereocenters. The number of fused-ring (bicyclic) bond motifs is 1. The Kier molecular flexibility index (Phi) is 6.62. The zero-order valence-electron chi connectivity index (χ0n) is 14.3. The van der Waals surface area contributed by atoms with Crippen LogP contribution in [0.4, 0.5) is 0 Å². The van der Waals surface area contributed by atoms with Crippen LogP contribution in [0.2, 0.25) is 0 Å². The molecule has 1 aromatic carbocycles. The molecule has 136 valence electrons. The summed E-state index contributed by atoms with van der Waals surface area (Å²) in [4.78, 5) is 18.7. The molecular weight excluding hydrogens is 368 g/mol. The van der Waals surface area contributed by atoms with E-state index in [4.69, 9.17) is 14.8 Å². The van der Waals surface area contributed by atoms with Crippen molar-refractivity contribution in [2.45, 2.75) is 11.7 Å². The number of nitrogens with zero attached hydrogens (tertiary/aromatic N) is 2. The number of hydrogen-bond acceptors (Lipinski definition) is 6. The fraction of sp³-hybridized carbons (Fsp3) is 0.263. The normalized spacial score (nSPS) is 11.1. The van der Waals surface area contributed by atoms with Gasteiger partial charge < -0.3 is 9.84 Å². The van der Waals surface area contributed by atoms with Crippen LogP contribution in [0, 0.1) is 0 Å². The van der Waals surface area contributed by atoms with Gasteiger partial charge in [-0.3, -0.25) is 9.36 Å². The number of hydrogen-bond donors (Lipinski definition) is 1. The van der Waals surface area contributed by atoms with Gasteiger partial charge in [-0.25, -0.2) is 4.98 Å². The summed E-state index contributed by atoms with van der Waals surface area (Å²) in [5.74, 6) is 0.658. The van der Waals surface area contributed by atoms with Crippen molar-refractivity contribution in [2.75, 3.05) is 25.6 Å². The lowest BCUT2D eigenvalue weighted by molar-refractivity contribution is 0.103. The first kappa shape index (κ1) is 18.8. The van der Waals surface area contributed by atoms with Gasteiger partial charge in [0, 0.05) is 17.2 Å². The molecule has 0 saturated heterocycles. The second kappa shape index (κ2) is 9.14. The summed E-state index contributed by atoms with van der Waals surface area (Å²) < 4.78 is 7.59. The zero-order chi connectivity index (χ0) is 18.4. The largest absolute Gasteiger partial charge is 0.394 e. The van der Waals surface area contributed by atoms with E-state index >= 15 is 0 Å². The molecular formula is C19H20N2O3S2. The number of thioether (sulfide) groups is 1. The number of rotatable bonds is 9. The maximum atomic E-state index is 12.9. The number of benzene rings is 1. The van der Waals surface area contributed by atoms with Gasteiger partial charge in [-0.15, -0.1) is 17.9 Å². The van der Waals surface area contributed by atoms with E-state index in [0.29, 0.717) is 35.4 Å². The van der Waals surface area contributed by atoms with Crippen molar-refractivity contribution >= 4 is 33.3 Å². The molecule has 0 fully saturated rings. The Bertz CT molecular complexity index is 935. The molecule has 0 aliphatic rings. The second-order valence-electron chi connectivity index (χ2n) is 5.47. The highest BCUT2D eigenvalue weighted by molar-refractivity contribution is 7.99. The molecule has 3 aromatic rings. The topological polar surface area (TPSA) is 64.3 Å². The lowest BCUT2D eigenvalue weighted by atomic mass is 10.2. The van der Waals surface area contributed by atoms with E-state index in [1.807, 2.05) is 36.4 Å². The highest BCUT2D eigenvalue weighted by atomic mass is 32.2. The van der Waals surface area contributed by atoms with Gasteiger partial charge in [-0.1, -0.05) is 48.2 Å². The number of aliphatic hydroxyl groups excluding tert-OH is 1. The average molecular weight is 389 g/mol. The van der Waals surface area contributed by atoms with Crippen LogP contribution in [0.15, 0.2) is 59.0 Å². The van der Waals surface area contributed by atoms with E-state index in [1.54, 1.807) is 10.6 Å². The van der Waals surface area contributed by atoms with Gasteiger partial charge in [0.05, 0.1) is 25.3 Å². The van der Waals surface area contributed by atoms with Crippen molar-refractivity contribution in [1.29, 1.82) is 0 Å². The van der Waals surface area contributed by atoms with Crippen LogP contribution < -0.4 is 5.56 Å². The first-order valence-electron chi connectivity index (χ1n) is 8.26. The monoisotopic (exact) mass is 388 g/mol. The summed E-state index contributed by atoms with van der Waals surface area (Å²) in [6, 6.07) is 12.0. The molecule has 5 nitrogen and oxygen atoms in total. The smallest absolute Gasteiger partial charge is 0.272 e. The maximum Gasteiger partial charge on any atom is 0.272 e. The van der Waals surface area contributed by atoms with Gasteiger partial charge in [0.15, 0.2) is 5.16 Å². The van der Waals surface area contributed by atoms with E-state index in [-0.39, 0.29) is 12.2 Å². The Morgan fingerprint density at radius 1 is 1.31 bits per heavy atom. The van der Waals surface area contributed by atoms with Gasteiger partial charge in [-0.2, -0.15) is 0 Å².